The van der Waals surface area contributed by atoms with Gasteiger partial charge in [-0.25, -0.2) is 9.59 Å². The molecule has 0 aromatic carbocycles. The van der Waals surface area contributed by atoms with Crippen LogP contribution in [0.3, 0.4) is 0 Å². The van der Waals surface area contributed by atoms with Gasteiger partial charge in [0.1, 0.15) is 5.60 Å². The number of carbonyl (C=O) groups excluding carboxylic acids is 3. The van der Waals surface area contributed by atoms with Crippen LogP contribution < -0.4 is 16.0 Å². The predicted octanol–water partition coefficient (Wildman–Crippen LogP) is 2.91. The smallest absolute Gasteiger partial charge is 0.407 e. The van der Waals surface area contributed by atoms with Gasteiger partial charge in [0, 0.05) is 38.1 Å². The van der Waals surface area contributed by atoms with Gasteiger partial charge in [-0.1, -0.05) is 19.3 Å². The molecule has 166 valence electrons. The largest absolute Gasteiger partial charge is 0.444 e. The molecule has 0 aromatic heterocycles. The highest BCUT2D eigenvalue weighted by Gasteiger charge is 2.25. The molecular weight excluding hydrogens is 372 g/mol. The number of carbonyl (C=O) groups is 3. The van der Waals surface area contributed by atoms with Crippen LogP contribution in [-0.4, -0.2) is 60.3 Å². The molecule has 1 saturated carbocycles. The van der Waals surface area contributed by atoms with Gasteiger partial charge in [0.2, 0.25) is 5.91 Å². The summed E-state index contributed by atoms with van der Waals surface area (Å²) in [5.41, 5.74) is -0.524. The van der Waals surface area contributed by atoms with E-state index in [1.807, 2.05) is 25.7 Å². The molecule has 3 N–H and O–H groups in total. The van der Waals surface area contributed by atoms with E-state index in [9.17, 15) is 14.4 Å². The Bertz CT molecular complexity index is 547. The lowest BCUT2D eigenvalue weighted by atomic mass is 9.95. The molecule has 8 nitrogen and oxygen atoms in total. The van der Waals surface area contributed by atoms with Crippen LogP contribution in [0.1, 0.15) is 78.6 Å². The van der Waals surface area contributed by atoms with Crippen molar-refractivity contribution in [3.8, 4) is 0 Å². The number of rotatable bonds is 6. The third kappa shape index (κ3) is 9.37. The Morgan fingerprint density at radius 1 is 0.931 bits per heavy atom. The highest BCUT2D eigenvalue weighted by Crippen LogP contribution is 2.18. The first-order valence-electron chi connectivity index (χ1n) is 11.0. The lowest BCUT2D eigenvalue weighted by molar-refractivity contribution is -0.122. The topological polar surface area (TPSA) is 99.8 Å². The summed E-state index contributed by atoms with van der Waals surface area (Å²) in [5, 5.41) is 8.86. The molecule has 1 aliphatic carbocycles. The second kappa shape index (κ2) is 11.3. The Morgan fingerprint density at radius 3 is 2.17 bits per heavy atom. The lowest BCUT2D eigenvalue weighted by Crippen LogP contribution is -2.51. The Kier molecular flexibility index (Phi) is 9.04. The Labute approximate surface area is 174 Å². The summed E-state index contributed by atoms with van der Waals surface area (Å²) in [7, 11) is 0. The van der Waals surface area contributed by atoms with Crippen molar-refractivity contribution in [2.75, 3.05) is 19.6 Å². The fraction of sp³-hybridized carbons (Fsp3) is 0.857. The number of amides is 4. The summed E-state index contributed by atoms with van der Waals surface area (Å²) in [6.45, 7) is 7.18. The Hall–Kier alpha value is -1.99. The highest BCUT2D eigenvalue weighted by molar-refractivity contribution is 5.77. The minimum Gasteiger partial charge on any atom is -0.444 e. The average molecular weight is 411 g/mol. The molecule has 2 aliphatic rings. The van der Waals surface area contributed by atoms with Gasteiger partial charge in [-0.2, -0.15) is 0 Å². The van der Waals surface area contributed by atoms with Crippen LogP contribution >= 0.6 is 0 Å². The van der Waals surface area contributed by atoms with Crippen molar-refractivity contribution in [3.63, 3.8) is 0 Å². The van der Waals surface area contributed by atoms with Gasteiger partial charge >= 0.3 is 12.1 Å². The lowest BCUT2D eigenvalue weighted by Gasteiger charge is -2.34. The van der Waals surface area contributed by atoms with Gasteiger partial charge < -0.3 is 25.6 Å². The zero-order chi connectivity index (χ0) is 21.3. The fourth-order valence-corrected chi connectivity index (χ4v) is 3.79. The Balaban J connectivity index is 1.55. The molecule has 0 spiro atoms. The van der Waals surface area contributed by atoms with Crippen LogP contribution in [0, 0.1) is 0 Å². The number of hydrogen-bond donors (Lipinski definition) is 3. The number of nitrogens with one attached hydrogen (secondary N) is 3. The number of nitrogens with zero attached hydrogens (tertiary/aromatic N) is 1. The van der Waals surface area contributed by atoms with Gasteiger partial charge in [0.25, 0.3) is 0 Å². The standard InChI is InChI=1S/C21H38N4O4/c1-21(2,3)29-20(28)22-13-7-10-18(26)23-17-11-14-25(15-12-17)19(27)24-16-8-5-4-6-9-16/h16-17H,4-15H2,1-3H3,(H,22,28)(H,23,26)(H,24,27). The Morgan fingerprint density at radius 2 is 1.55 bits per heavy atom. The van der Waals surface area contributed by atoms with Crippen molar-refractivity contribution in [1.82, 2.24) is 20.9 Å². The molecular formula is C21H38N4O4. The molecule has 1 saturated heterocycles. The summed E-state index contributed by atoms with van der Waals surface area (Å²) in [6, 6.07) is 0.470. The van der Waals surface area contributed by atoms with E-state index in [-0.39, 0.29) is 18.0 Å². The van der Waals surface area contributed by atoms with Crippen LogP contribution in [0.25, 0.3) is 0 Å². The quantitative estimate of drug-likeness (QED) is 0.586. The van der Waals surface area contributed by atoms with Gasteiger partial charge in [-0.05, 0) is 52.9 Å². The fourth-order valence-electron chi connectivity index (χ4n) is 3.79. The number of hydrogen-bond acceptors (Lipinski definition) is 4. The minimum absolute atomic E-state index is 0.0129. The first-order chi connectivity index (χ1) is 13.7. The number of ether oxygens (including phenoxy) is 1. The van der Waals surface area contributed by atoms with Gasteiger partial charge in [0.05, 0.1) is 0 Å². The van der Waals surface area contributed by atoms with Gasteiger partial charge in [0.15, 0.2) is 0 Å². The summed E-state index contributed by atoms with van der Waals surface area (Å²) >= 11 is 0. The number of urea groups is 1. The molecule has 0 bridgehead atoms. The first-order valence-corrected chi connectivity index (χ1v) is 11.0. The number of likely N-dealkylation sites (tertiary alicyclic amines) is 1. The molecule has 1 aliphatic heterocycles. The molecule has 2 rings (SSSR count). The highest BCUT2D eigenvalue weighted by atomic mass is 16.6. The number of alkyl carbamates (subject to hydrolysis) is 1. The van der Waals surface area contributed by atoms with Crippen molar-refractivity contribution in [3.05, 3.63) is 0 Å². The van der Waals surface area contributed by atoms with Gasteiger partial charge in [-0.3, -0.25) is 4.79 Å². The van der Waals surface area contributed by atoms with E-state index in [0.29, 0.717) is 38.5 Å². The van der Waals surface area contributed by atoms with Crippen LogP contribution in [0.5, 0.6) is 0 Å². The molecule has 29 heavy (non-hydrogen) atoms. The first kappa shape index (κ1) is 23.3. The van der Waals surface area contributed by atoms with E-state index in [1.54, 1.807) is 0 Å². The van der Waals surface area contributed by atoms with E-state index in [0.717, 1.165) is 25.7 Å². The average Bonchev–Trinajstić information content (AvgIpc) is 2.65. The molecule has 0 aromatic rings. The predicted molar refractivity (Wildman–Crippen MR) is 112 cm³/mol. The van der Waals surface area contributed by atoms with Crippen molar-refractivity contribution in [2.45, 2.75) is 96.2 Å². The third-order valence-corrected chi connectivity index (χ3v) is 5.33. The maximum Gasteiger partial charge on any atom is 0.407 e. The van der Waals surface area contributed by atoms with Crippen molar-refractivity contribution in [2.24, 2.45) is 0 Å². The maximum absolute atomic E-state index is 12.4. The monoisotopic (exact) mass is 410 g/mol. The van der Waals surface area contributed by atoms with E-state index in [2.05, 4.69) is 16.0 Å². The van der Waals surface area contributed by atoms with Crippen LogP contribution in [-0.2, 0) is 9.53 Å². The second-order valence-corrected chi connectivity index (χ2v) is 9.15. The van der Waals surface area contributed by atoms with E-state index in [1.165, 1.54) is 19.3 Å². The van der Waals surface area contributed by atoms with Crippen LogP contribution in [0.4, 0.5) is 9.59 Å². The summed E-state index contributed by atoms with van der Waals surface area (Å²) in [4.78, 5) is 37.9. The molecule has 4 amide bonds. The minimum atomic E-state index is -0.524. The summed E-state index contributed by atoms with van der Waals surface area (Å²) in [5.74, 6) is -0.0129. The number of piperidine rings is 1. The van der Waals surface area contributed by atoms with Crippen LogP contribution in [0.15, 0.2) is 0 Å². The second-order valence-electron chi connectivity index (χ2n) is 9.15. The SMILES string of the molecule is CC(C)(C)OC(=O)NCCCC(=O)NC1CCN(C(=O)NC2CCCCC2)CC1. The van der Waals surface area contributed by atoms with Crippen LogP contribution in [0.2, 0.25) is 0 Å². The van der Waals surface area contributed by atoms with E-state index >= 15 is 0 Å². The van der Waals surface area contributed by atoms with Crippen molar-refractivity contribution < 1.29 is 19.1 Å². The van der Waals surface area contributed by atoms with E-state index in [4.69, 9.17) is 4.74 Å². The normalized spacial score (nSPS) is 18.8. The maximum atomic E-state index is 12.4. The molecule has 0 radical (unpaired) electrons. The molecule has 0 unspecified atom stereocenters. The summed E-state index contributed by atoms with van der Waals surface area (Å²) < 4.78 is 5.16. The zero-order valence-corrected chi connectivity index (χ0v) is 18.2. The molecule has 2 fully saturated rings. The van der Waals surface area contributed by atoms with E-state index < -0.39 is 11.7 Å². The molecule has 1 heterocycles. The summed E-state index contributed by atoms with van der Waals surface area (Å²) in [6.07, 6.45) is 7.86. The van der Waals surface area contributed by atoms with Crippen molar-refractivity contribution in [1.29, 1.82) is 0 Å². The van der Waals surface area contributed by atoms with Gasteiger partial charge in [-0.15, -0.1) is 0 Å². The third-order valence-electron chi connectivity index (χ3n) is 5.33. The van der Waals surface area contributed by atoms with Crippen molar-refractivity contribution >= 4 is 18.0 Å². The molecule has 0 atom stereocenters. The molecule has 8 heteroatoms. The zero-order valence-electron chi connectivity index (χ0n) is 18.2.